The van der Waals surface area contributed by atoms with Crippen molar-refractivity contribution in [3.8, 4) is 11.3 Å². The predicted molar refractivity (Wildman–Crippen MR) is 69.0 cm³/mol. The molecule has 0 saturated heterocycles. The lowest BCUT2D eigenvalue weighted by atomic mass is 10.1. The molecule has 96 valence electrons. The smallest absolute Gasteiger partial charge is 0.135 e. The molecule has 2 aromatic rings. The average Bonchev–Trinajstić information content (AvgIpc) is 2.58. The second-order valence-corrected chi connectivity index (χ2v) is 4.64. The second kappa shape index (κ2) is 5.16. The highest BCUT2D eigenvalue weighted by Gasteiger charge is 2.17. The van der Waals surface area contributed by atoms with E-state index < -0.39 is 11.6 Å². The topological polar surface area (TPSA) is 43.8 Å². The van der Waals surface area contributed by atoms with E-state index in [0.717, 1.165) is 11.9 Å². The zero-order chi connectivity index (χ0) is 13.3. The van der Waals surface area contributed by atoms with Crippen LogP contribution in [0.5, 0.6) is 0 Å². The Kier molecular flexibility index (Phi) is 3.77. The fourth-order valence-corrected chi connectivity index (χ4v) is 2.23. The Morgan fingerprint density at radius 2 is 2.11 bits per heavy atom. The van der Waals surface area contributed by atoms with Crippen LogP contribution in [0.25, 0.3) is 11.3 Å². The molecule has 0 fully saturated rings. The first-order chi connectivity index (χ1) is 8.54. The number of rotatable bonds is 3. The van der Waals surface area contributed by atoms with Crippen LogP contribution in [-0.4, -0.2) is 16.1 Å². The van der Waals surface area contributed by atoms with Crippen LogP contribution in [0, 0.1) is 11.6 Å². The molecule has 0 atom stereocenters. The zero-order valence-electron chi connectivity index (χ0n) is 9.75. The van der Waals surface area contributed by atoms with Crippen LogP contribution < -0.4 is 5.73 Å². The molecule has 0 unspecified atom stereocenters. The molecule has 3 nitrogen and oxygen atoms in total. The summed E-state index contributed by atoms with van der Waals surface area (Å²) >= 11 is 3.36. The first-order valence-corrected chi connectivity index (χ1v) is 6.20. The molecule has 6 heteroatoms. The van der Waals surface area contributed by atoms with Gasteiger partial charge >= 0.3 is 0 Å². The summed E-state index contributed by atoms with van der Waals surface area (Å²) in [5.41, 5.74) is 6.21. The van der Waals surface area contributed by atoms with E-state index in [2.05, 4.69) is 20.9 Å². The van der Waals surface area contributed by atoms with Gasteiger partial charge in [0, 0.05) is 25.1 Å². The van der Waals surface area contributed by atoms with Crippen molar-refractivity contribution in [2.45, 2.75) is 6.42 Å². The summed E-state index contributed by atoms with van der Waals surface area (Å²) in [6.07, 6.45) is 0.595. The summed E-state index contributed by atoms with van der Waals surface area (Å²) in [5, 5.41) is 0. The van der Waals surface area contributed by atoms with Gasteiger partial charge in [0.1, 0.15) is 27.8 Å². The van der Waals surface area contributed by atoms with Gasteiger partial charge in [0.05, 0.1) is 0 Å². The molecule has 2 rings (SSSR count). The molecule has 0 aliphatic heterocycles. The second-order valence-electron chi connectivity index (χ2n) is 3.89. The van der Waals surface area contributed by atoms with E-state index >= 15 is 0 Å². The standard InChI is InChI=1S/C12H12BrF2N3/c1-18-10(4-5-16)17-11(12(18)13)8-3-2-7(14)6-9(8)15/h2-3,6H,4-5,16H2,1H3. The molecule has 0 spiro atoms. The monoisotopic (exact) mass is 315 g/mol. The van der Waals surface area contributed by atoms with E-state index in [0.29, 0.717) is 23.3 Å². The zero-order valence-corrected chi connectivity index (χ0v) is 11.3. The van der Waals surface area contributed by atoms with Crippen LogP contribution in [0.2, 0.25) is 0 Å². The van der Waals surface area contributed by atoms with Crippen LogP contribution >= 0.6 is 15.9 Å². The van der Waals surface area contributed by atoms with E-state index in [1.807, 2.05) is 7.05 Å². The van der Waals surface area contributed by atoms with Crippen molar-refractivity contribution in [2.75, 3.05) is 6.54 Å². The molecule has 1 aromatic heterocycles. The Morgan fingerprint density at radius 3 is 2.72 bits per heavy atom. The number of nitrogens with zero attached hydrogens (tertiary/aromatic N) is 2. The van der Waals surface area contributed by atoms with Crippen LogP contribution in [0.3, 0.4) is 0 Å². The van der Waals surface area contributed by atoms with Crippen molar-refractivity contribution in [1.82, 2.24) is 9.55 Å². The van der Waals surface area contributed by atoms with Crippen LogP contribution in [0.15, 0.2) is 22.8 Å². The van der Waals surface area contributed by atoms with Gasteiger partial charge < -0.3 is 10.3 Å². The van der Waals surface area contributed by atoms with Crippen molar-refractivity contribution in [1.29, 1.82) is 0 Å². The number of halogens is 3. The molecular formula is C12H12BrF2N3. The van der Waals surface area contributed by atoms with Crippen molar-refractivity contribution in [3.63, 3.8) is 0 Å². The molecule has 18 heavy (non-hydrogen) atoms. The number of benzene rings is 1. The van der Waals surface area contributed by atoms with Crippen LogP contribution in [0.1, 0.15) is 5.82 Å². The van der Waals surface area contributed by atoms with Gasteiger partial charge in [-0.05, 0) is 34.6 Å². The summed E-state index contributed by atoms with van der Waals surface area (Å²) < 4.78 is 29.0. The van der Waals surface area contributed by atoms with Crippen LogP contribution in [0.4, 0.5) is 8.78 Å². The van der Waals surface area contributed by atoms with Crippen molar-refractivity contribution in [3.05, 3.63) is 40.3 Å². The molecule has 0 saturated carbocycles. The number of hydrogen-bond donors (Lipinski definition) is 1. The van der Waals surface area contributed by atoms with Gasteiger partial charge in [-0.1, -0.05) is 0 Å². The number of imidazole rings is 1. The highest BCUT2D eigenvalue weighted by atomic mass is 79.9. The van der Waals surface area contributed by atoms with Gasteiger partial charge in [0.25, 0.3) is 0 Å². The van der Waals surface area contributed by atoms with E-state index in [9.17, 15) is 8.78 Å². The molecule has 1 heterocycles. The molecule has 1 aromatic carbocycles. The molecule has 0 aliphatic carbocycles. The predicted octanol–water partition coefficient (Wildman–Crippen LogP) is 2.63. The van der Waals surface area contributed by atoms with Crippen molar-refractivity contribution >= 4 is 15.9 Å². The normalized spacial score (nSPS) is 10.9. The lowest BCUT2D eigenvalue weighted by Gasteiger charge is -2.01. The van der Waals surface area contributed by atoms with E-state index in [1.165, 1.54) is 12.1 Å². The minimum atomic E-state index is -0.631. The Balaban J connectivity index is 2.53. The first-order valence-electron chi connectivity index (χ1n) is 5.41. The fraction of sp³-hybridized carbons (Fsp3) is 0.250. The molecule has 2 N–H and O–H groups in total. The summed E-state index contributed by atoms with van der Waals surface area (Å²) in [5.74, 6) is -0.485. The Hall–Kier alpha value is -1.27. The summed E-state index contributed by atoms with van der Waals surface area (Å²) in [6.45, 7) is 0.461. The van der Waals surface area contributed by atoms with Crippen molar-refractivity contribution in [2.24, 2.45) is 12.8 Å². The molecule has 0 bridgehead atoms. The maximum atomic E-state index is 13.7. The average molecular weight is 316 g/mol. The van der Waals surface area contributed by atoms with E-state index in [1.54, 1.807) is 4.57 Å². The van der Waals surface area contributed by atoms with Gasteiger partial charge in [0.2, 0.25) is 0 Å². The number of nitrogens with two attached hydrogens (primary N) is 1. The third kappa shape index (κ3) is 2.30. The highest BCUT2D eigenvalue weighted by Crippen LogP contribution is 2.30. The summed E-state index contributed by atoms with van der Waals surface area (Å²) in [6, 6.07) is 3.44. The summed E-state index contributed by atoms with van der Waals surface area (Å²) in [7, 11) is 1.81. The minimum Gasteiger partial charge on any atom is -0.330 e. The quantitative estimate of drug-likeness (QED) is 0.946. The largest absolute Gasteiger partial charge is 0.330 e. The SMILES string of the molecule is Cn1c(CCN)nc(-c2ccc(F)cc2F)c1Br. The molecule has 0 radical (unpaired) electrons. The molecule has 0 amide bonds. The van der Waals surface area contributed by atoms with E-state index in [-0.39, 0.29) is 5.56 Å². The first kappa shape index (κ1) is 13.2. The fourth-order valence-electron chi connectivity index (χ4n) is 1.73. The van der Waals surface area contributed by atoms with Crippen LogP contribution in [-0.2, 0) is 13.5 Å². The maximum Gasteiger partial charge on any atom is 0.135 e. The van der Waals surface area contributed by atoms with E-state index in [4.69, 9.17) is 5.73 Å². The third-order valence-corrected chi connectivity index (χ3v) is 3.58. The van der Waals surface area contributed by atoms with Gasteiger partial charge in [-0.25, -0.2) is 13.8 Å². The lowest BCUT2D eigenvalue weighted by molar-refractivity contribution is 0.585. The minimum absolute atomic E-state index is 0.266. The van der Waals surface area contributed by atoms with Gasteiger partial charge in [-0.15, -0.1) is 0 Å². The molecular weight excluding hydrogens is 304 g/mol. The summed E-state index contributed by atoms with van der Waals surface area (Å²) in [4.78, 5) is 4.33. The Labute approximate surface area is 112 Å². The van der Waals surface area contributed by atoms with Gasteiger partial charge in [0.15, 0.2) is 0 Å². The molecule has 0 aliphatic rings. The number of hydrogen-bond acceptors (Lipinski definition) is 2. The Morgan fingerprint density at radius 1 is 1.39 bits per heavy atom. The number of aromatic nitrogens is 2. The van der Waals surface area contributed by atoms with Gasteiger partial charge in [-0.3, -0.25) is 0 Å². The Bertz CT molecular complexity index is 581. The highest BCUT2D eigenvalue weighted by molar-refractivity contribution is 9.10. The lowest BCUT2D eigenvalue weighted by Crippen LogP contribution is -2.07. The van der Waals surface area contributed by atoms with Crippen molar-refractivity contribution < 1.29 is 8.78 Å². The third-order valence-electron chi connectivity index (χ3n) is 2.67. The maximum absolute atomic E-state index is 13.7. The van der Waals surface area contributed by atoms with Gasteiger partial charge in [-0.2, -0.15) is 0 Å².